The van der Waals surface area contributed by atoms with E-state index < -0.39 is 0 Å². The third-order valence-corrected chi connectivity index (χ3v) is 5.21. The Morgan fingerprint density at radius 2 is 2.21 bits per heavy atom. The maximum Gasteiger partial charge on any atom is 0.273 e. The number of amides is 1. The topological polar surface area (TPSA) is 63.1 Å². The van der Waals surface area contributed by atoms with E-state index in [1.165, 1.54) is 11.3 Å². The van der Waals surface area contributed by atoms with Crippen LogP contribution in [0.15, 0.2) is 17.8 Å². The van der Waals surface area contributed by atoms with Gasteiger partial charge in [0, 0.05) is 41.8 Å². The lowest BCUT2D eigenvalue weighted by molar-refractivity contribution is 0.0621. The SMILES string of the molecule is CC(C)N(C(=O)c1csc(-c2cnn(C(C)C)c2)n1)[C@H]1CCNC1. The number of hydrogen-bond acceptors (Lipinski definition) is 5. The van der Waals surface area contributed by atoms with Crippen LogP contribution in [0.1, 0.15) is 50.6 Å². The van der Waals surface area contributed by atoms with Gasteiger partial charge in [-0.2, -0.15) is 5.10 Å². The van der Waals surface area contributed by atoms with E-state index in [1.54, 1.807) is 0 Å². The van der Waals surface area contributed by atoms with Gasteiger partial charge in [-0.05, 0) is 40.7 Å². The highest BCUT2D eigenvalue weighted by molar-refractivity contribution is 7.13. The van der Waals surface area contributed by atoms with Crippen LogP contribution < -0.4 is 5.32 Å². The maximum atomic E-state index is 13.0. The largest absolute Gasteiger partial charge is 0.331 e. The normalized spacial score (nSPS) is 17.8. The van der Waals surface area contributed by atoms with Gasteiger partial charge in [0.05, 0.1) is 6.20 Å². The van der Waals surface area contributed by atoms with E-state index in [-0.39, 0.29) is 18.0 Å². The smallest absolute Gasteiger partial charge is 0.273 e. The predicted octanol–water partition coefficient (Wildman–Crippen LogP) is 2.80. The fourth-order valence-electron chi connectivity index (χ4n) is 3.07. The number of thiazole rings is 1. The molecule has 24 heavy (non-hydrogen) atoms. The third-order valence-electron chi connectivity index (χ3n) is 4.32. The molecule has 1 aliphatic rings. The lowest BCUT2D eigenvalue weighted by atomic mass is 10.1. The Labute approximate surface area is 146 Å². The molecule has 1 aliphatic heterocycles. The van der Waals surface area contributed by atoms with Crippen LogP contribution in [-0.4, -0.2) is 50.7 Å². The lowest BCUT2D eigenvalue weighted by Crippen LogP contribution is -2.46. The minimum Gasteiger partial charge on any atom is -0.331 e. The van der Waals surface area contributed by atoms with Crippen LogP contribution in [0, 0.1) is 0 Å². The molecule has 0 aromatic carbocycles. The van der Waals surface area contributed by atoms with Gasteiger partial charge in [0.25, 0.3) is 5.91 Å². The van der Waals surface area contributed by atoms with Crippen molar-refractivity contribution in [3.8, 4) is 10.6 Å². The molecule has 0 unspecified atom stereocenters. The van der Waals surface area contributed by atoms with Crippen LogP contribution in [-0.2, 0) is 0 Å². The summed E-state index contributed by atoms with van der Waals surface area (Å²) in [5.41, 5.74) is 1.50. The number of rotatable bonds is 5. The predicted molar refractivity (Wildman–Crippen MR) is 96.3 cm³/mol. The Kier molecular flexibility index (Phi) is 5.01. The number of nitrogens with one attached hydrogen (secondary N) is 1. The number of nitrogens with zero attached hydrogens (tertiary/aromatic N) is 4. The first-order valence-corrected chi connectivity index (χ1v) is 9.38. The van der Waals surface area contributed by atoms with Gasteiger partial charge in [0.2, 0.25) is 0 Å². The molecular formula is C17H25N5OS. The van der Waals surface area contributed by atoms with Gasteiger partial charge < -0.3 is 10.2 Å². The molecule has 6 nitrogen and oxygen atoms in total. The van der Waals surface area contributed by atoms with Crippen molar-refractivity contribution in [2.24, 2.45) is 0 Å². The van der Waals surface area contributed by atoms with Crippen molar-refractivity contribution in [2.75, 3.05) is 13.1 Å². The van der Waals surface area contributed by atoms with E-state index in [4.69, 9.17) is 0 Å². The molecule has 0 bridgehead atoms. The maximum absolute atomic E-state index is 13.0. The monoisotopic (exact) mass is 347 g/mol. The lowest BCUT2D eigenvalue weighted by Gasteiger charge is -2.31. The summed E-state index contributed by atoms with van der Waals surface area (Å²) in [6, 6.07) is 0.730. The molecule has 0 spiro atoms. The van der Waals surface area contributed by atoms with Gasteiger partial charge >= 0.3 is 0 Å². The second-order valence-corrected chi connectivity index (χ2v) is 7.65. The van der Waals surface area contributed by atoms with Crippen molar-refractivity contribution in [1.29, 1.82) is 0 Å². The van der Waals surface area contributed by atoms with Gasteiger partial charge in [-0.15, -0.1) is 11.3 Å². The molecular weight excluding hydrogens is 322 g/mol. The molecule has 2 aromatic heterocycles. The second kappa shape index (κ2) is 7.03. The number of aromatic nitrogens is 3. The fraction of sp³-hybridized carbons (Fsp3) is 0.588. The van der Waals surface area contributed by atoms with Crippen molar-refractivity contribution in [2.45, 2.75) is 52.2 Å². The quantitative estimate of drug-likeness (QED) is 0.903. The first-order chi connectivity index (χ1) is 11.5. The Bertz CT molecular complexity index is 699. The molecule has 3 heterocycles. The zero-order chi connectivity index (χ0) is 17.3. The zero-order valence-electron chi connectivity index (χ0n) is 14.7. The standard InChI is InChI=1S/C17H25N5OS/c1-11(2)21-9-13(7-19-21)16-20-15(10-24-16)17(23)22(12(3)4)14-5-6-18-8-14/h7,9-12,14,18H,5-6,8H2,1-4H3/t14-/m0/s1. The first-order valence-electron chi connectivity index (χ1n) is 8.50. The highest BCUT2D eigenvalue weighted by atomic mass is 32.1. The third kappa shape index (κ3) is 3.37. The molecule has 1 saturated heterocycles. The van der Waals surface area contributed by atoms with Crippen molar-refractivity contribution in [3.05, 3.63) is 23.5 Å². The van der Waals surface area contributed by atoms with Crippen LogP contribution in [0.2, 0.25) is 0 Å². The summed E-state index contributed by atoms with van der Waals surface area (Å²) in [5.74, 6) is 0.0254. The molecule has 3 rings (SSSR count). The highest BCUT2D eigenvalue weighted by Crippen LogP contribution is 2.26. The van der Waals surface area contributed by atoms with Crippen LogP contribution in [0.5, 0.6) is 0 Å². The van der Waals surface area contributed by atoms with Crippen molar-refractivity contribution in [1.82, 2.24) is 25.0 Å². The molecule has 1 amide bonds. The van der Waals surface area contributed by atoms with Crippen molar-refractivity contribution in [3.63, 3.8) is 0 Å². The van der Waals surface area contributed by atoms with Gasteiger partial charge in [0.1, 0.15) is 10.7 Å². The van der Waals surface area contributed by atoms with Gasteiger partial charge in [0.15, 0.2) is 0 Å². The average Bonchev–Trinajstić information content (AvgIpc) is 3.27. The molecule has 0 saturated carbocycles. The van der Waals surface area contributed by atoms with Crippen LogP contribution in [0.25, 0.3) is 10.6 Å². The number of carbonyl (C=O) groups excluding carboxylic acids is 1. The molecule has 1 N–H and O–H groups in total. The summed E-state index contributed by atoms with van der Waals surface area (Å²) in [6.45, 7) is 10.1. The highest BCUT2D eigenvalue weighted by Gasteiger charge is 2.30. The minimum atomic E-state index is 0.0254. The molecule has 7 heteroatoms. The molecule has 1 atom stereocenters. The molecule has 1 fully saturated rings. The summed E-state index contributed by atoms with van der Waals surface area (Å²) in [7, 11) is 0. The zero-order valence-corrected chi connectivity index (χ0v) is 15.5. The summed E-state index contributed by atoms with van der Waals surface area (Å²) in [6.07, 6.45) is 4.80. The molecule has 2 aromatic rings. The van der Waals surface area contributed by atoms with Crippen LogP contribution >= 0.6 is 11.3 Å². The minimum absolute atomic E-state index is 0.0254. The van der Waals surface area contributed by atoms with Gasteiger partial charge in [-0.3, -0.25) is 9.48 Å². The van der Waals surface area contributed by atoms with E-state index in [1.807, 2.05) is 27.4 Å². The van der Waals surface area contributed by atoms with E-state index in [9.17, 15) is 4.79 Å². The fourth-order valence-corrected chi connectivity index (χ4v) is 3.84. The van der Waals surface area contributed by atoms with Crippen molar-refractivity contribution >= 4 is 17.2 Å². The first kappa shape index (κ1) is 17.1. The van der Waals surface area contributed by atoms with Crippen LogP contribution in [0.3, 0.4) is 0 Å². The molecule has 130 valence electrons. The second-order valence-electron chi connectivity index (χ2n) is 6.79. The Morgan fingerprint density at radius 1 is 1.42 bits per heavy atom. The summed E-state index contributed by atoms with van der Waals surface area (Å²) in [4.78, 5) is 19.5. The van der Waals surface area contributed by atoms with Crippen molar-refractivity contribution < 1.29 is 4.79 Å². The van der Waals surface area contributed by atoms with Crippen LogP contribution in [0.4, 0.5) is 0 Å². The summed E-state index contributed by atoms with van der Waals surface area (Å²) in [5, 5.41) is 10.4. The summed E-state index contributed by atoms with van der Waals surface area (Å²) < 4.78 is 1.91. The Balaban J connectivity index is 1.81. The van der Waals surface area contributed by atoms with E-state index in [2.05, 4.69) is 43.1 Å². The van der Waals surface area contributed by atoms with E-state index in [0.717, 1.165) is 30.1 Å². The average molecular weight is 347 g/mol. The molecule has 0 radical (unpaired) electrons. The summed E-state index contributed by atoms with van der Waals surface area (Å²) >= 11 is 1.50. The molecule has 0 aliphatic carbocycles. The Hall–Kier alpha value is -1.73. The van der Waals surface area contributed by atoms with E-state index in [0.29, 0.717) is 11.7 Å². The van der Waals surface area contributed by atoms with Gasteiger partial charge in [-0.1, -0.05) is 0 Å². The Morgan fingerprint density at radius 3 is 2.79 bits per heavy atom. The van der Waals surface area contributed by atoms with Gasteiger partial charge in [-0.25, -0.2) is 4.98 Å². The van der Waals surface area contributed by atoms with E-state index >= 15 is 0 Å². The number of hydrogen-bond donors (Lipinski definition) is 1. The number of carbonyl (C=O) groups is 1.